The zero-order chi connectivity index (χ0) is 12.8. The van der Waals surface area contributed by atoms with Crippen molar-refractivity contribution in [2.45, 2.75) is 20.0 Å². The molecule has 5 nitrogen and oxygen atoms in total. The highest BCUT2D eigenvalue weighted by Gasteiger charge is 2.08. The molecular formula is C12H15NO4. The Bertz CT molecular complexity index is 397. The van der Waals surface area contributed by atoms with Gasteiger partial charge in [-0.1, -0.05) is 0 Å². The summed E-state index contributed by atoms with van der Waals surface area (Å²) in [5, 5.41) is 0. The van der Waals surface area contributed by atoms with Crippen molar-refractivity contribution in [1.29, 1.82) is 0 Å². The minimum Gasteiger partial charge on any atom is -0.484 e. The maximum Gasteiger partial charge on any atom is 0.338 e. The Labute approximate surface area is 99.5 Å². The maximum absolute atomic E-state index is 11.5. The van der Waals surface area contributed by atoms with E-state index in [1.807, 2.05) is 0 Å². The molecule has 0 aliphatic carbocycles. The fourth-order valence-electron chi connectivity index (χ4n) is 1.12. The van der Waals surface area contributed by atoms with Gasteiger partial charge in [0.2, 0.25) is 0 Å². The van der Waals surface area contributed by atoms with Gasteiger partial charge in [-0.25, -0.2) is 4.79 Å². The Morgan fingerprint density at radius 1 is 1.24 bits per heavy atom. The van der Waals surface area contributed by atoms with E-state index in [4.69, 9.17) is 15.2 Å². The molecule has 0 aliphatic rings. The molecule has 17 heavy (non-hydrogen) atoms. The molecule has 0 atom stereocenters. The van der Waals surface area contributed by atoms with Crippen LogP contribution in [-0.4, -0.2) is 24.6 Å². The summed E-state index contributed by atoms with van der Waals surface area (Å²) in [6.07, 6.45) is -0.159. The zero-order valence-electron chi connectivity index (χ0n) is 9.80. The van der Waals surface area contributed by atoms with Crippen molar-refractivity contribution < 1.29 is 19.1 Å². The number of carbonyl (C=O) groups is 2. The first kappa shape index (κ1) is 13.0. The van der Waals surface area contributed by atoms with Gasteiger partial charge in [-0.2, -0.15) is 0 Å². The van der Waals surface area contributed by atoms with Gasteiger partial charge in [0, 0.05) is 0 Å². The van der Waals surface area contributed by atoms with Crippen molar-refractivity contribution in [3.63, 3.8) is 0 Å². The minimum absolute atomic E-state index is 0.159. The van der Waals surface area contributed by atoms with Crippen LogP contribution in [0.15, 0.2) is 24.3 Å². The van der Waals surface area contributed by atoms with Crippen LogP contribution in [0.5, 0.6) is 5.75 Å². The zero-order valence-corrected chi connectivity index (χ0v) is 9.80. The molecule has 0 fully saturated rings. The largest absolute Gasteiger partial charge is 0.484 e. The van der Waals surface area contributed by atoms with Gasteiger partial charge in [-0.15, -0.1) is 0 Å². The predicted molar refractivity (Wildman–Crippen MR) is 61.7 cm³/mol. The summed E-state index contributed by atoms with van der Waals surface area (Å²) in [5.74, 6) is -0.459. The summed E-state index contributed by atoms with van der Waals surface area (Å²) >= 11 is 0. The number of hydrogen-bond acceptors (Lipinski definition) is 4. The molecule has 5 heteroatoms. The van der Waals surface area contributed by atoms with Crippen LogP contribution in [0, 0.1) is 0 Å². The van der Waals surface area contributed by atoms with E-state index in [0.717, 1.165) is 0 Å². The minimum atomic E-state index is -0.548. The number of esters is 1. The van der Waals surface area contributed by atoms with Crippen molar-refractivity contribution in [2.24, 2.45) is 5.73 Å². The Morgan fingerprint density at radius 2 is 1.82 bits per heavy atom. The van der Waals surface area contributed by atoms with Gasteiger partial charge in [0.25, 0.3) is 5.91 Å². The molecule has 92 valence electrons. The second-order valence-corrected chi connectivity index (χ2v) is 3.73. The first-order valence-corrected chi connectivity index (χ1v) is 5.21. The maximum atomic E-state index is 11.5. The Hall–Kier alpha value is -2.04. The molecule has 0 bridgehead atoms. The van der Waals surface area contributed by atoms with Gasteiger partial charge in [-0.05, 0) is 38.1 Å². The van der Waals surface area contributed by atoms with Gasteiger partial charge >= 0.3 is 5.97 Å². The monoisotopic (exact) mass is 237 g/mol. The fourth-order valence-corrected chi connectivity index (χ4v) is 1.12. The predicted octanol–water partition coefficient (Wildman–Crippen LogP) is 1.12. The molecule has 0 aromatic heterocycles. The molecule has 0 heterocycles. The number of carbonyl (C=O) groups excluding carboxylic acids is 2. The lowest BCUT2D eigenvalue weighted by molar-refractivity contribution is -0.119. The van der Waals surface area contributed by atoms with Crippen molar-refractivity contribution in [3.8, 4) is 5.75 Å². The highest BCUT2D eigenvalue weighted by Crippen LogP contribution is 2.13. The van der Waals surface area contributed by atoms with Crippen LogP contribution in [-0.2, 0) is 9.53 Å². The summed E-state index contributed by atoms with van der Waals surface area (Å²) in [6.45, 7) is 3.38. The smallest absolute Gasteiger partial charge is 0.338 e. The first-order chi connectivity index (χ1) is 7.99. The highest BCUT2D eigenvalue weighted by atomic mass is 16.5. The van der Waals surface area contributed by atoms with Crippen molar-refractivity contribution >= 4 is 11.9 Å². The molecule has 0 saturated carbocycles. The lowest BCUT2D eigenvalue weighted by Gasteiger charge is -2.08. The van der Waals surface area contributed by atoms with Gasteiger partial charge in [0.15, 0.2) is 6.61 Å². The Balaban J connectivity index is 2.61. The van der Waals surface area contributed by atoms with Gasteiger partial charge in [0.1, 0.15) is 5.75 Å². The van der Waals surface area contributed by atoms with E-state index in [1.165, 1.54) is 0 Å². The third-order valence-corrected chi connectivity index (χ3v) is 1.81. The van der Waals surface area contributed by atoms with Crippen molar-refractivity contribution in [3.05, 3.63) is 29.8 Å². The molecule has 1 aromatic rings. The average Bonchev–Trinajstić information content (AvgIpc) is 2.26. The molecule has 1 rings (SSSR count). The second-order valence-electron chi connectivity index (χ2n) is 3.73. The van der Waals surface area contributed by atoms with Gasteiger partial charge < -0.3 is 15.2 Å². The van der Waals surface area contributed by atoms with E-state index >= 15 is 0 Å². The molecule has 0 aliphatic heterocycles. The third kappa shape index (κ3) is 4.55. The number of benzene rings is 1. The molecular weight excluding hydrogens is 222 g/mol. The third-order valence-electron chi connectivity index (χ3n) is 1.81. The van der Waals surface area contributed by atoms with Crippen LogP contribution >= 0.6 is 0 Å². The number of ether oxygens (including phenoxy) is 2. The molecule has 0 radical (unpaired) electrons. The van der Waals surface area contributed by atoms with Gasteiger partial charge in [-0.3, -0.25) is 4.79 Å². The van der Waals surface area contributed by atoms with Crippen LogP contribution in [0.25, 0.3) is 0 Å². The van der Waals surface area contributed by atoms with Crippen LogP contribution in [0.3, 0.4) is 0 Å². The first-order valence-electron chi connectivity index (χ1n) is 5.21. The van der Waals surface area contributed by atoms with Gasteiger partial charge in [0.05, 0.1) is 11.7 Å². The highest BCUT2D eigenvalue weighted by molar-refractivity contribution is 5.89. The Morgan fingerprint density at radius 3 is 2.29 bits per heavy atom. The number of primary amides is 1. The van der Waals surface area contributed by atoms with Crippen molar-refractivity contribution in [2.75, 3.05) is 6.61 Å². The van der Waals surface area contributed by atoms with Crippen LogP contribution in [0.1, 0.15) is 24.2 Å². The van der Waals surface area contributed by atoms with E-state index in [2.05, 4.69) is 0 Å². The molecule has 0 spiro atoms. The van der Waals surface area contributed by atoms with Crippen molar-refractivity contribution in [1.82, 2.24) is 0 Å². The van der Waals surface area contributed by atoms with E-state index in [9.17, 15) is 9.59 Å². The summed E-state index contributed by atoms with van der Waals surface area (Å²) in [5.41, 5.74) is 5.37. The number of hydrogen-bond donors (Lipinski definition) is 1. The van der Waals surface area contributed by atoms with E-state index in [1.54, 1.807) is 38.1 Å². The van der Waals surface area contributed by atoms with Crippen LogP contribution in [0.2, 0.25) is 0 Å². The average molecular weight is 237 g/mol. The lowest BCUT2D eigenvalue weighted by atomic mass is 10.2. The lowest BCUT2D eigenvalue weighted by Crippen LogP contribution is -2.20. The fraction of sp³-hybridized carbons (Fsp3) is 0.333. The van der Waals surface area contributed by atoms with E-state index in [0.29, 0.717) is 11.3 Å². The van der Waals surface area contributed by atoms with Crippen LogP contribution in [0.4, 0.5) is 0 Å². The number of rotatable bonds is 5. The molecule has 0 unspecified atom stereocenters. The standard InChI is InChI=1S/C12H15NO4/c1-8(2)17-12(15)9-3-5-10(6-4-9)16-7-11(13)14/h3-6,8H,7H2,1-2H3,(H2,13,14). The number of amides is 1. The van der Waals surface area contributed by atoms with E-state index in [-0.39, 0.29) is 18.7 Å². The molecule has 1 aromatic carbocycles. The SMILES string of the molecule is CC(C)OC(=O)c1ccc(OCC(N)=O)cc1. The summed E-state index contributed by atoms with van der Waals surface area (Å²) < 4.78 is 10.1. The normalized spacial score (nSPS) is 10.1. The second kappa shape index (κ2) is 5.89. The molecule has 2 N–H and O–H groups in total. The molecule has 0 saturated heterocycles. The van der Waals surface area contributed by atoms with E-state index < -0.39 is 5.91 Å². The van der Waals surface area contributed by atoms with Crippen LogP contribution < -0.4 is 10.5 Å². The Kier molecular flexibility index (Phi) is 4.51. The summed E-state index contributed by atoms with van der Waals surface area (Å²) in [6, 6.07) is 6.31. The quantitative estimate of drug-likeness (QED) is 0.778. The summed E-state index contributed by atoms with van der Waals surface area (Å²) in [7, 11) is 0. The topological polar surface area (TPSA) is 78.6 Å². The number of nitrogens with two attached hydrogens (primary N) is 1. The summed E-state index contributed by atoms with van der Waals surface area (Å²) in [4.78, 5) is 22.0. The molecule has 1 amide bonds.